The molecule has 2 heterocycles. The molecule has 130 valence electrons. The number of hydrogen-bond acceptors (Lipinski definition) is 2. The average Bonchev–Trinajstić information content (AvgIpc) is 2.99. The van der Waals surface area contributed by atoms with Gasteiger partial charge in [0.1, 0.15) is 0 Å². The molecule has 0 aromatic heterocycles. The third-order valence-electron chi connectivity index (χ3n) is 5.29. The fourth-order valence-corrected chi connectivity index (χ4v) is 11.2. The molecule has 2 aliphatic rings. The van der Waals surface area contributed by atoms with Crippen molar-refractivity contribution in [2.45, 2.75) is 76.0 Å². The van der Waals surface area contributed by atoms with Crippen LogP contribution in [-0.2, 0) is 9.59 Å². The van der Waals surface area contributed by atoms with Gasteiger partial charge in [0.25, 0.3) is 5.91 Å². The fourth-order valence-electron chi connectivity index (χ4n) is 4.07. The van der Waals surface area contributed by atoms with Crippen LogP contribution in [0.15, 0.2) is 10.6 Å². The summed E-state index contributed by atoms with van der Waals surface area (Å²) in [4.78, 5) is 24.9. The van der Waals surface area contributed by atoms with E-state index in [0.717, 1.165) is 25.7 Å². The molecule has 0 spiro atoms. The third-order valence-corrected chi connectivity index (χ3v) is 12.2. The Bertz CT molecular complexity index is 500. The van der Waals surface area contributed by atoms with Crippen molar-refractivity contribution in [3.8, 4) is 0 Å². The molecule has 2 aliphatic heterocycles. The molecule has 2 N–H and O–H groups in total. The van der Waals surface area contributed by atoms with Crippen LogP contribution in [0, 0.1) is 0 Å². The molecule has 2 saturated heterocycles. The minimum absolute atomic E-state index is 0.150. The summed E-state index contributed by atoms with van der Waals surface area (Å²) in [6.45, 7) is 8.70. The molecule has 0 bridgehead atoms. The van der Waals surface area contributed by atoms with Crippen molar-refractivity contribution in [3.05, 3.63) is 10.6 Å². The molecular weight excluding hydrogens is 328 g/mol. The van der Waals surface area contributed by atoms with E-state index in [2.05, 4.69) is 33.0 Å². The van der Waals surface area contributed by atoms with Gasteiger partial charge in [0.05, 0.1) is 10.6 Å². The summed E-state index contributed by atoms with van der Waals surface area (Å²) in [6, 6.07) is 0. The van der Waals surface area contributed by atoms with Crippen LogP contribution >= 0.6 is 15.8 Å². The van der Waals surface area contributed by atoms with Gasteiger partial charge in [-0.05, 0) is 48.3 Å². The van der Waals surface area contributed by atoms with Crippen molar-refractivity contribution in [2.24, 2.45) is 0 Å². The molecule has 0 aromatic rings. The van der Waals surface area contributed by atoms with E-state index in [-0.39, 0.29) is 5.91 Å². The molecule has 4 atom stereocenters. The van der Waals surface area contributed by atoms with Crippen LogP contribution < -0.4 is 5.32 Å². The van der Waals surface area contributed by atoms with Crippen LogP contribution in [0.4, 0.5) is 0 Å². The topological polar surface area (TPSA) is 66.4 Å². The summed E-state index contributed by atoms with van der Waals surface area (Å²) < 4.78 is 0. The molecule has 0 radical (unpaired) electrons. The summed E-state index contributed by atoms with van der Waals surface area (Å²) in [5.74, 6) is -1.01. The highest BCUT2D eigenvalue weighted by Gasteiger charge is 2.43. The van der Waals surface area contributed by atoms with Gasteiger partial charge in [-0.15, -0.1) is 0 Å². The van der Waals surface area contributed by atoms with Crippen LogP contribution in [0.3, 0.4) is 0 Å². The van der Waals surface area contributed by atoms with Crippen molar-refractivity contribution in [1.29, 1.82) is 0 Å². The molecule has 0 unspecified atom stereocenters. The maximum atomic E-state index is 12.7. The first-order valence-electron chi connectivity index (χ1n) is 8.55. The zero-order valence-corrected chi connectivity index (χ0v) is 16.6. The minimum atomic E-state index is -0.857. The Morgan fingerprint density at radius 1 is 0.826 bits per heavy atom. The Kier molecular flexibility index (Phi) is 6.25. The monoisotopic (exact) mass is 357 g/mol. The van der Waals surface area contributed by atoms with Gasteiger partial charge in [-0.25, -0.2) is 4.79 Å². The lowest BCUT2D eigenvalue weighted by Gasteiger charge is -2.30. The Hall–Kier alpha value is -0.460. The van der Waals surface area contributed by atoms with Gasteiger partial charge in [0.2, 0.25) is 0 Å². The fraction of sp³-hybridized carbons (Fsp3) is 0.765. The SMILES string of the molecule is CNC(=O)/C(=C(\C(=O)O)P1[C@@H](C)CC[C@@H]1C)P1[C@@H](C)CC[C@@H]1C. The first kappa shape index (κ1) is 18.9. The van der Waals surface area contributed by atoms with E-state index in [0.29, 0.717) is 33.3 Å². The Balaban J connectivity index is 2.61. The highest BCUT2D eigenvalue weighted by atomic mass is 31.1. The molecule has 1 amide bonds. The zero-order chi connectivity index (χ0) is 17.3. The molecule has 2 rings (SSSR count). The lowest BCUT2D eigenvalue weighted by atomic mass is 10.2. The summed E-state index contributed by atoms with van der Waals surface area (Å²) in [6.07, 6.45) is 4.36. The van der Waals surface area contributed by atoms with Crippen molar-refractivity contribution in [1.82, 2.24) is 5.32 Å². The van der Waals surface area contributed by atoms with Crippen LogP contribution in [0.2, 0.25) is 0 Å². The van der Waals surface area contributed by atoms with Crippen molar-refractivity contribution in [3.63, 3.8) is 0 Å². The molecule has 0 aliphatic carbocycles. The normalized spacial score (nSPS) is 33.6. The molecular formula is C17H29NO3P2. The number of aliphatic carboxylic acids is 1. The van der Waals surface area contributed by atoms with Gasteiger partial charge >= 0.3 is 5.97 Å². The molecule has 6 heteroatoms. The van der Waals surface area contributed by atoms with Crippen LogP contribution in [-0.4, -0.2) is 46.7 Å². The zero-order valence-electron chi connectivity index (χ0n) is 14.8. The first-order valence-corrected chi connectivity index (χ1v) is 11.5. The van der Waals surface area contributed by atoms with E-state index in [9.17, 15) is 14.7 Å². The lowest BCUT2D eigenvalue weighted by molar-refractivity contribution is -0.132. The number of hydrogen-bond donors (Lipinski definition) is 2. The first-order chi connectivity index (χ1) is 10.8. The molecule has 0 saturated carbocycles. The number of likely N-dealkylation sites (N-methyl/N-ethyl adjacent to an activating group) is 1. The predicted molar refractivity (Wildman–Crippen MR) is 98.9 cm³/mol. The number of carboxylic acids is 1. The van der Waals surface area contributed by atoms with Crippen molar-refractivity contribution in [2.75, 3.05) is 7.05 Å². The van der Waals surface area contributed by atoms with E-state index in [1.807, 2.05) is 0 Å². The molecule has 0 aromatic carbocycles. The summed E-state index contributed by atoms with van der Waals surface area (Å²) >= 11 is 0. The van der Waals surface area contributed by atoms with Gasteiger partial charge in [0.15, 0.2) is 0 Å². The molecule has 2 fully saturated rings. The number of nitrogens with one attached hydrogen (secondary N) is 1. The summed E-state index contributed by atoms with van der Waals surface area (Å²) in [5.41, 5.74) is 1.66. The standard InChI is InChI=1S/C17H29NO3P2/c1-10-6-7-11(2)22(10)14(16(19)18-5)15(17(20)21)23-12(3)8-9-13(23)4/h10-13H,6-9H2,1-5H3,(H,18,19)(H,20,21)/b15-14-/t10-,11-,12-,13-/m0/s1. The Morgan fingerprint density at radius 3 is 1.48 bits per heavy atom. The van der Waals surface area contributed by atoms with E-state index in [1.165, 1.54) is 0 Å². The van der Waals surface area contributed by atoms with E-state index in [4.69, 9.17) is 0 Å². The highest BCUT2D eigenvalue weighted by Crippen LogP contribution is 2.68. The second kappa shape index (κ2) is 7.62. The number of carbonyl (C=O) groups excluding carboxylic acids is 1. The van der Waals surface area contributed by atoms with Gasteiger partial charge < -0.3 is 10.4 Å². The van der Waals surface area contributed by atoms with E-state index >= 15 is 0 Å². The summed E-state index contributed by atoms with van der Waals surface area (Å²) in [5, 5.41) is 13.9. The lowest BCUT2D eigenvalue weighted by Crippen LogP contribution is -2.25. The van der Waals surface area contributed by atoms with E-state index in [1.54, 1.807) is 7.05 Å². The summed E-state index contributed by atoms with van der Waals surface area (Å²) in [7, 11) is 0.156. The van der Waals surface area contributed by atoms with Crippen molar-refractivity contribution < 1.29 is 14.7 Å². The van der Waals surface area contributed by atoms with E-state index < -0.39 is 21.8 Å². The number of amides is 1. The smallest absolute Gasteiger partial charge is 0.336 e. The van der Waals surface area contributed by atoms with Gasteiger partial charge in [-0.3, -0.25) is 4.79 Å². The number of carbonyl (C=O) groups is 2. The second-order valence-electron chi connectivity index (χ2n) is 6.95. The van der Waals surface area contributed by atoms with Crippen LogP contribution in [0.5, 0.6) is 0 Å². The second-order valence-corrected chi connectivity index (χ2v) is 13.0. The molecule has 4 nitrogen and oxygen atoms in total. The Morgan fingerprint density at radius 2 is 1.17 bits per heavy atom. The van der Waals surface area contributed by atoms with Gasteiger partial charge in [-0.2, -0.15) is 0 Å². The van der Waals surface area contributed by atoms with Crippen LogP contribution in [0.25, 0.3) is 0 Å². The number of rotatable bonds is 4. The largest absolute Gasteiger partial charge is 0.478 e. The molecule has 23 heavy (non-hydrogen) atoms. The average molecular weight is 357 g/mol. The predicted octanol–water partition coefficient (Wildman–Crippen LogP) is 4.13. The minimum Gasteiger partial charge on any atom is -0.478 e. The highest BCUT2D eigenvalue weighted by molar-refractivity contribution is 7.69. The Labute approximate surface area is 142 Å². The third kappa shape index (κ3) is 3.64. The maximum Gasteiger partial charge on any atom is 0.336 e. The quantitative estimate of drug-likeness (QED) is 0.587. The number of carboxylic acid groups (broad SMARTS) is 1. The van der Waals surface area contributed by atoms with Crippen molar-refractivity contribution >= 4 is 27.7 Å². The van der Waals surface area contributed by atoms with Crippen LogP contribution in [0.1, 0.15) is 53.4 Å². The van der Waals surface area contributed by atoms with Gasteiger partial charge in [0, 0.05) is 7.05 Å². The maximum absolute atomic E-state index is 12.7. The van der Waals surface area contributed by atoms with Gasteiger partial charge in [-0.1, -0.05) is 43.5 Å².